The maximum absolute atomic E-state index is 11.7. The van der Waals surface area contributed by atoms with E-state index in [1.54, 1.807) is 25.4 Å². The lowest BCUT2D eigenvalue weighted by atomic mass is 10.2. The Bertz CT molecular complexity index is 651. The zero-order chi connectivity index (χ0) is 16.2. The maximum Gasteiger partial charge on any atom is 0.317 e. The molecule has 124 valence electrons. The van der Waals surface area contributed by atoms with E-state index in [1.165, 1.54) is 10.5 Å². The van der Waals surface area contributed by atoms with Crippen molar-refractivity contribution in [3.8, 4) is 0 Å². The van der Waals surface area contributed by atoms with Gasteiger partial charge in [0.1, 0.15) is 5.69 Å². The predicted molar refractivity (Wildman–Crippen MR) is 89.0 cm³/mol. The van der Waals surface area contributed by atoms with Crippen LogP contribution in [0.4, 0.5) is 4.79 Å². The second-order valence-electron chi connectivity index (χ2n) is 5.95. The molecule has 0 saturated heterocycles. The van der Waals surface area contributed by atoms with Crippen molar-refractivity contribution >= 4 is 17.4 Å². The minimum atomic E-state index is -0.115. The second kappa shape index (κ2) is 7.10. The number of aryl methyl sites for hydroxylation is 1. The van der Waals surface area contributed by atoms with Crippen LogP contribution in [0, 0.1) is 0 Å². The van der Waals surface area contributed by atoms with E-state index in [4.69, 9.17) is 0 Å². The molecule has 0 fully saturated rings. The van der Waals surface area contributed by atoms with E-state index in [2.05, 4.69) is 37.4 Å². The Labute approximate surface area is 139 Å². The molecule has 2 amide bonds. The summed E-state index contributed by atoms with van der Waals surface area (Å²) in [6, 6.07) is 2.05. The van der Waals surface area contributed by atoms with Gasteiger partial charge in [-0.25, -0.2) is 9.48 Å². The molecule has 2 aromatic heterocycles. The molecule has 0 radical (unpaired) electrons. The molecule has 3 rings (SSSR count). The Hall–Kier alpha value is -1.93. The lowest BCUT2D eigenvalue weighted by molar-refractivity contribution is 0.216. The monoisotopic (exact) mass is 334 g/mol. The zero-order valence-electron chi connectivity index (χ0n) is 13.5. The fraction of sp³-hybridized carbons (Fsp3) is 0.533. The number of carbonyl (C=O) groups excluding carboxylic acids is 1. The van der Waals surface area contributed by atoms with Crippen molar-refractivity contribution in [2.45, 2.75) is 32.6 Å². The first kappa shape index (κ1) is 15.9. The number of aromatic nitrogens is 3. The van der Waals surface area contributed by atoms with E-state index < -0.39 is 0 Å². The second-order valence-corrected chi connectivity index (χ2v) is 6.73. The Morgan fingerprint density at radius 2 is 2.30 bits per heavy atom. The molecule has 1 N–H and O–H groups in total. The highest BCUT2D eigenvalue weighted by molar-refractivity contribution is 7.07. The minimum absolute atomic E-state index is 0.115. The van der Waals surface area contributed by atoms with Crippen molar-refractivity contribution in [1.29, 1.82) is 0 Å². The minimum Gasteiger partial charge on any atom is -0.332 e. The van der Waals surface area contributed by atoms with Gasteiger partial charge >= 0.3 is 6.03 Å². The van der Waals surface area contributed by atoms with Gasteiger partial charge in [-0.2, -0.15) is 11.3 Å². The number of amides is 2. The summed E-state index contributed by atoms with van der Waals surface area (Å²) < 4.78 is 1.98. The topological polar surface area (TPSA) is 66.3 Å². The van der Waals surface area contributed by atoms with E-state index in [1.807, 2.05) is 4.68 Å². The molecule has 0 aromatic carbocycles. The lowest BCUT2D eigenvalue weighted by Crippen LogP contribution is -2.34. The number of hydrogen-bond acceptors (Lipinski definition) is 5. The van der Waals surface area contributed by atoms with Crippen LogP contribution in [0.5, 0.6) is 0 Å². The molecule has 0 atom stereocenters. The number of fused-ring (bicyclic) bond motifs is 1. The molecule has 0 saturated carbocycles. The van der Waals surface area contributed by atoms with E-state index in [-0.39, 0.29) is 6.03 Å². The van der Waals surface area contributed by atoms with Crippen molar-refractivity contribution in [3.63, 3.8) is 0 Å². The number of nitrogens with zero attached hydrogens (tertiary/aromatic N) is 5. The van der Waals surface area contributed by atoms with Gasteiger partial charge in [-0.1, -0.05) is 5.21 Å². The van der Waals surface area contributed by atoms with Crippen LogP contribution < -0.4 is 5.32 Å². The van der Waals surface area contributed by atoms with E-state index in [0.717, 1.165) is 44.0 Å². The molecular formula is C15H22N6OS. The van der Waals surface area contributed by atoms with Crippen molar-refractivity contribution in [2.24, 2.45) is 0 Å². The average molecular weight is 334 g/mol. The number of rotatable bonds is 4. The highest BCUT2D eigenvalue weighted by Gasteiger charge is 2.20. The van der Waals surface area contributed by atoms with Crippen LogP contribution in [0.1, 0.15) is 23.4 Å². The largest absolute Gasteiger partial charge is 0.332 e. The summed E-state index contributed by atoms with van der Waals surface area (Å²) in [6.07, 6.45) is 1.06. The third-order valence-corrected chi connectivity index (χ3v) is 4.67. The molecule has 1 aliphatic rings. The van der Waals surface area contributed by atoms with Crippen molar-refractivity contribution in [2.75, 3.05) is 20.6 Å². The van der Waals surface area contributed by atoms with Crippen LogP contribution in [0.25, 0.3) is 0 Å². The van der Waals surface area contributed by atoms with Crippen LogP contribution in [0.15, 0.2) is 16.8 Å². The van der Waals surface area contributed by atoms with Gasteiger partial charge in [0.2, 0.25) is 0 Å². The summed E-state index contributed by atoms with van der Waals surface area (Å²) in [4.78, 5) is 15.6. The number of nitrogens with one attached hydrogen (secondary N) is 1. The van der Waals surface area contributed by atoms with Crippen LogP contribution in [-0.2, 0) is 26.2 Å². The third kappa shape index (κ3) is 3.89. The Morgan fingerprint density at radius 3 is 3.04 bits per heavy atom. The summed E-state index contributed by atoms with van der Waals surface area (Å²) in [6.45, 7) is 4.10. The molecule has 0 unspecified atom stereocenters. The molecule has 3 heterocycles. The fourth-order valence-corrected chi connectivity index (χ4v) is 3.35. The molecule has 2 aromatic rings. The highest BCUT2D eigenvalue weighted by atomic mass is 32.1. The average Bonchev–Trinajstić information content (AvgIpc) is 3.11. The van der Waals surface area contributed by atoms with E-state index in [0.29, 0.717) is 6.54 Å². The first-order valence-corrected chi connectivity index (χ1v) is 8.67. The third-order valence-electron chi connectivity index (χ3n) is 3.94. The molecule has 0 bridgehead atoms. The maximum atomic E-state index is 11.7. The first-order valence-electron chi connectivity index (χ1n) is 7.73. The summed E-state index contributed by atoms with van der Waals surface area (Å²) in [5, 5.41) is 15.7. The van der Waals surface area contributed by atoms with Gasteiger partial charge in [-0.3, -0.25) is 4.90 Å². The van der Waals surface area contributed by atoms with Crippen LogP contribution >= 0.6 is 11.3 Å². The Balaban J connectivity index is 1.69. The number of hydrogen-bond donors (Lipinski definition) is 1. The Morgan fingerprint density at radius 1 is 1.43 bits per heavy atom. The predicted octanol–water partition coefficient (Wildman–Crippen LogP) is 1.52. The van der Waals surface area contributed by atoms with Gasteiger partial charge in [-0.15, -0.1) is 5.10 Å². The molecular weight excluding hydrogens is 312 g/mol. The van der Waals surface area contributed by atoms with Crippen LogP contribution in [-0.4, -0.2) is 51.5 Å². The lowest BCUT2D eigenvalue weighted by Gasteiger charge is -2.19. The number of urea groups is 1. The standard InChI is InChI=1S/C15H22N6OS/c1-19(2)15(22)16-8-13-14-10-20(9-12-4-7-23-11-12)5-3-6-21(14)18-17-13/h4,7,11H,3,5-6,8-10H2,1-2H3,(H,16,22). The van der Waals surface area contributed by atoms with Gasteiger partial charge in [0, 0.05) is 40.3 Å². The molecule has 1 aliphatic heterocycles. The quantitative estimate of drug-likeness (QED) is 0.920. The van der Waals surface area contributed by atoms with Crippen molar-refractivity contribution in [1.82, 2.24) is 30.1 Å². The fourth-order valence-electron chi connectivity index (χ4n) is 2.69. The SMILES string of the molecule is CN(C)C(=O)NCc1nnn2c1CN(Cc1ccsc1)CCC2. The van der Waals surface area contributed by atoms with Gasteiger partial charge in [-0.05, 0) is 28.8 Å². The summed E-state index contributed by atoms with van der Waals surface area (Å²) in [7, 11) is 3.45. The molecule has 7 nitrogen and oxygen atoms in total. The highest BCUT2D eigenvalue weighted by Crippen LogP contribution is 2.18. The normalized spacial score (nSPS) is 15.0. The van der Waals surface area contributed by atoms with E-state index >= 15 is 0 Å². The Kier molecular flexibility index (Phi) is 4.92. The van der Waals surface area contributed by atoms with Gasteiger partial charge < -0.3 is 10.2 Å². The molecule has 23 heavy (non-hydrogen) atoms. The van der Waals surface area contributed by atoms with Gasteiger partial charge in [0.15, 0.2) is 0 Å². The molecule has 0 aliphatic carbocycles. The van der Waals surface area contributed by atoms with Gasteiger partial charge in [0.05, 0.1) is 12.2 Å². The first-order chi connectivity index (χ1) is 11.1. The van der Waals surface area contributed by atoms with E-state index in [9.17, 15) is 4.79 Å². The summed E-state index contributed by atoms with van der Waals surface area (Å²) >= 11 is 1.73. The number of carbonyl (C=O) groups is 1. The summed E-state index contributed by atoms with van der Waals surface area (Å²) in [5.41, 5.74) is 3.31. The number of thiophene rings is 1. The van der Waals surface area contributed by atoms with Gasteiger partial charge in [0.25, 0.3) is 0 Å². The van der Waals surface area contributed by atoms with Crippen LogP contribution in [0.3, 0.4) is 0 Å². The molecule has 8 heteroatoms. The zero-order valence-corrected chi connectivity index (χ0v) is 14.3. The van der Waals surface area contributed by atoms with Crippen molar-refractivity contribution in [3.05, 3.63) is 33.8 Å². The molecule has 0 spiro atoms. The smallest absolute Gasteiger partial charge is 0.317 e. The van der Waals surface area contributed by atoms with Crippen molar-refractivity contribution < 1.29 is 4.79 Å². The van der Waals surface area contributed by atoms with Crippen LogP contribution in [0.2, 0.25) is 0 Å². The summed E-state index contributed by atoms with van der Waals surface area (Å²) in [5.74, 6) is 0.